The number of carboxylic acid groups (broad SMARTS) is 1. The van der Waals surface area contributed by atoms with E-state index >= 15 is 0 Å². The molecule has 2 rings (SSSR count). The Labute approximate surface area is 122 Å². The van der Waals surface area contributed by atoms with Crippen molar-refractivity contribution in [3.8, 4) is 11.4 Å². The molecule has 3 N–H and O–H groups in total. The van der Waals surface area contributed by atoms with Gasteiger partial charge in [0.15, 0.2) is 5.82 Å². The molecule has 0 aliphatic heterocycles. The van der Waals surface area contributed by atoms with Crippen LogP contribution in [0.3, 0.4) is 0 Å². The molecule has 0 saturated heterocycles. The number of carboxylic acids is 1. The minimum absolute atomic E-state index is 0.104. The van der Waals surface area contributed by atoms with E-state index < -0.39 is 5.97 Å². The number of carbonyl (C=O) groups is 1. The Kier molecular flexibility index (Phi) is 4.11. The van der Waals surface area contributed by atoms with Crippen molar-refractivity contribution in [1.82, 2.24) is 14.9 Å². The third kappa shape index (κ3) is 3.07. The molecule has 1 heterocycles. The molecule has 1 aromatic heterocycles. The van der Waals surface area contributed by atoms with E-state index in [1.807, 2.05) is 25.1 Å². The zero-order valence-electron chi connectivity index (χ0n) is 10.00. The molecule has 0 aliphatic carbocycles. The molecule has 0 amide bonds. The van der Waals surface area contributed by atoms with E-state index in [9.17, 15) is 4.79 Å². The van der Waals surface area contributed by atoms with Crippen LogP contribution >= 0.6 is 27.7 Å². The first-order chi connectivity index (χ1) is 8.99. The Bertz CT molecular complexity index is 629. The van der Waals surface area contributed by atoms with E-state index in [1.165, 1.54) is 4.68 Å². The van der Waals surface area contributed by atoms with Crippen LogP contribution in [-0.2, 0) is 4.79 Å². The third-order valence-corrected chi connectivity index (χ3v) is 3.85. The monoisotopic (exact) mass is 342 g/mol. The Morgan fingerprint density at radius 2 is 2.26 bits per heavy atom. The number of nitrogens with zero attached hydrogens (tertiary/aromatic N) is 3. The number of hydrogen-bond acceptors (Lipinski definition) is 5. The number of nitrogen functional groups attached to an aromatic ring is 1. The average Bonchev–Trinajstić information content (AvgIpc) is 2.71. The van der Waals surface area contributed by atoms with Gasteiger partial charge in [-0.1, -0.05) is 33.8 Å². The first kappa shape index (κ1) is 13.9. The van der Waals surface area contributed by atoms with Gasteiger partial charge in [0.1, 0.15) is 0 Å². The zero-order valence-corrected chi connectivity index (χ0v) is 12.4. The van der Waals surface area contributed by atoms with Crippen molar-refractivity contribution in [3.63, 3.8) is 0 Å². The lowest BCUT2D eigenvalue weighted by molar-refractivity contribution is -0.133. The fraction of sp³-hybridized carbons (Fsp3) is 0.182. The number of thioether (sulfide) groups is 1. The maximum Gasteiger partial charge on any atom is 0.313 e. The van der Waals surface area contributed by atoms with Gasteiger partial charge in [0.2, 0.25) is 5.16 Å². The maximum absolute atomic E-state index is 10.5. The summed E-state index contributed by atoms with van der Waals surface area (Å²) in [5, 5.41) is 16.9. The van der Waals surface area contributed by atoms with Gasteiger partial charge in [-0.2, -0.15) is 0 Å². The summed E-state index contributed by atoms with van der Waals surface area (Å²) < 4.78 is 2.22. The summed E-state index contributed by atoms with van der Waals surface area (Å²) >= 11 is 4.43. The van der Waals surface area contributed by atoms with Gasteiger partial charge in [-0.3, -0.25) is 4.79 Å². The highest BCUT2D eigenvalue weighted by Gasteiger charge is 2.15. The number of hydrogen-bond donors (Lipinski definition) is 2. The summed E-state index contributed by atoms with van der Waals surface area (Å²) in [6, 6.07) is 5.77. The standard InChI is InChI=1S/C11H11BrN4O2S/c1-6-2-3-7(12)4-8(6)10-14-15-11(16(10)13)19-5-9(17)18/h2-4H,5,13H2,1H3,(H,17,18). The van der Waals surface area contributed by atoms with Crippen LogP contribution in [0.25, 0.3) is 11.4 Å². The summed E-state index contributed by atoms with van der Waals surface area (Å²) in [6.45, 7) is 1.94. The normalized spacial score (nSPS) is 10.6. The highest BCUT2D eigenvalue weighted by Crippen LogP contribution is 2.26. The molecule has 0 unspecified atom stereocenters. The fourth-order valence-electron chi connectivity index (χ4n) is 1.52. The third-order valence-electron chi connectivity index (χ3n) is 2.43. The van der Waals surface area contributed by atoms with Crippen LogP contribution in [0.15, 0.2) is 27.8 Å². The van der Waals surface area contributed by atoms with Crippen molar-refractivity contribution in [3.05, 3.63) is 28.2 Å². The largest absolute Gasteiger partial charge is 0.481 e. The van der Waals surface area contributed by atoms with Crippen LogP contribution in [0.5, 0.6) is 0 Å². The minimum atomic E-state index is -0.923. The molecule has 8 heteroatoms. The lowest BCUT2D eigenvalue weighted by Crippen LogP contribution is -2.13. The molecule has 0 bridgehead atoms. The molecule has 0 atom stereocenters. The predicted octanol–water partition coefficient (Wildman–Crippen LogP) is 1.91. The molecule has 1 aromatic carbocycles. The number of rotatable bonds is 4. The predicted molar refractivity (Wildman–Crippen MR) is 76.4 cm³/mol. The topological polar surface area (TPSA) is 94.0 Å². The minimum Gasteiger partial charge on any atom is -0.481 e. The van der Waals surface area contributed by atoms with E-state index in [1.54, 1.807) is 0 Å². The van der Waals surface area contributed by atoms with E-state index in [2.05, 4.69) is 26.1 Å². The number of benzene rings is 1. The summed E-state index contributed by atoms with van der Waals surface area (Å²) in [4.78, 5) is 10.5. The van der Waals surface area contributed by atoms with Gasteiger partial charge in [-0.05, 0) is 24.6 Å². The molecular weight excluding hydrogens is 332 g/mol. The van der Waals surface area contributed by atoms with Crippen molar-refractivity contribution in [1.29, 1.82) is 0 Å². The molecule has 6 nitrogen and oxygen atoms in total. The smallest absolute Gasteiger partial charge is 0.313 e. The van der Waals surface area contributed by atoms with Crippen LogP contribution in [0.4, 0.5) is 0 Å². The number of aromatic nitrogens is 3. The van der Waals surface area contributed by atoms with Crippen molar-refractivity contribution in [2.75, 3.05) is 11.6 Å². The Hall–Kier alpha value is -1.54. The summed E-state index contributed by atoms with van der Waals surface area (Å²) in [6.07, 6.45) is 0. The van der Waals surface area contributed by atoms with Gasteiger partial charge in [-0.25, -0.2) is 4.68 Å². The summed E-state index contributed by atoms with van der Waals surface area (Å²) in [5.74, 6) is 5.38. The molecular formula is C11H11BrN4O2S. The Morgan fingerprint density at radius 3 is 2.95 bits per heavy atom. The quantitative estimate of drug-likeness (QED) is 0.651. The fourth-order valence-corrected chi connectivity index (χ4v) is 2.46. The number of halogens is 1. The van der Waals surface area contributed by atoms with Crippen LogP contribution in [0.2, 0.25) is 0 Å². The van der Waals surface area contributed by atoms with Crippen LogP contribution in [-0.4, -0.2) is 31.7 Å². The van der Waals surface area contributed by atoms with Crippen molar-refractivity contribution < 1.29 is 9.90 Å². The molecule has 0 radical (unpaired) electrons. The molecule has 19 heavy (non-hydrogen) atoms. The van der Waals surface area contributed by atoms with Crippen molar-refractivity contribution in [2.45, 2.75) is 12.1 Å². The number of aryl methyl sites for hydroxylation is 1. The van der Waals surface area contributed by atoms with Crippen LogP contribution in [0, 0.1) is 6.92 Å². The number of aliphatic carboxylic acids is 1. The number of nitrogens with two attached hydrogens (primary N) is 1. The zero-order chi connectivity index (χ0) is 14.0. The van der Waals surface area contributed by atoms with Gasteiger partial charge in [0.25, 0.3) is 0 Å². The Morgan fingerprint density at radius 1 is 1.53 bits per heavy atom. The SMILES string of the molecule is Cc1ccc(Br)cc1-c1nnc(SCC(=O)O)n1N. The van der Waals surface area contributed by atoms with Crippen LogP contribution in [0.1, 0.15) is 5.56 Å². The van der Waals surface area contributed by atoms with Gasteiger partial charge in [0.05, 0.1) is 5.75 Å². The molecule has 0 aliphatic rings. The molecule has 0 fully saturated rings. The lowest BCUT2D eigenvalue weighted by Gasteiger charge is -2.06. The van der Waals surface area contributed by atoms with Crippen molar-refractivity contribution >= 4 is 33.7 Å². The first-order valence-electron chi connectivity index (χ1n) is 5.30. The molecule has 0 spiro atoms. The van der Waals surface area contributed by atoms with Gasteiger partial charge < -0.3 is 10.9 Å². The summed E-state index contributed by atoms with van der Waals surface area (Å²) in [5.41, 5.74) is 1.86. The highest BCUT2D eigenvalue weighted by atomic mass is 79.9. The van der Waals surface area contributed by atoms with E-state index in [-0.39, 0.29) is 5.75 Å². The second-order valence-electron chi connectivity index (χ2n) is 3.82. The first-order valence-corrected chi connectivity index (χ1v) is 7.08. The highest BCUT2D eigenvalue weighted by molar-refractivity contribution is 9.10. The molecule has 100 valence electrons. The van der Waals surface area contributed by atoms with E-state index in [4.69, 9.17) is 10.9 Å². The average molecular weight is 343 g/mol. The maximum atomic E-state index is 10.5. The lowest BCUT2D eigenvalue weighted by atomic mass is 10.1. The molecule has 2 aromatic rings. The summed E-state index contributed by atoms with van der Waals surface area (Å²) in [7, 11) is 0. The van der Waals surface area contributed by atoms with E-state index in [0.29, 0.717) is 11.0 Å². The van der Waals surface area contributed by atoms with Crippen LogP contribution < -0.4 is 5.84 Å². The van der Waals surface area contributed by atoms with Gasteiger partial charge in [-0.15, -0.1) is 10.2 Å². The second kappa shape index (κ2) is 5.62. The van der Waals surface area contributed by atoms with E-state index in [0.717, 1.165) is 27.4 Å². The van der Waals surface area contributed by atoms with Gasteiger partial charge >= 0.3 is 5.97 Å². The second-order valence-corrected chi connectivity index (χ2v) is 5.68. The van der Waals surface area contributed by atoms with Gasteiger partial charge in [0, 0.05) is 10.0 Å². The van der Waals surface area contributed by atoms with Crippen molar-refractivity contribution in [2.24, 2.45) is 0 Å². The Balaban J connectivity index is 2.36. The molecule has 0 saturated carbocycles.